The van der Waals surface area contributed by atoms with E-state index in [1.54, 1.807) is 41.3 Å². The first-order valence-corrected chi connectivity index (χ1v) is 12.5. The number of hydrogen-bond acceptors (Lipinski definition) is 7. The summed E-state index contributed by atoms with van der Waals surface area (Å²) in [7, 11) is 2.08. The normalized spacial score (nSPS) is 15.3. The molecule has 0 bridgehead atoms. The number of carbonyl (C=O) groups is 2. The van der Waals surface area contributed by atoms with Crippen LogP contribution < -0.4 is 0 Å². The summed E-state index contributed by atoms with van der Waals surface area (Å²) in [4.78, 5) is 39.5. The van der Waals surface area contributed by atoms with Crippen LogP contribution >= 0.6 is 0 Å². The molecule has 3 aromatic heterocycles. The number of imidazole rings is 1. The number of nitrogens with zero attached hydrogens (tertiary/aromatic N) is 7. The molecule has 0 atom stereocenters. The van der Waals surface area contributed by atoms with Gasteiger partial charge < -0.3 is 4.90 Å². The van der Waals surface area contributed by atoms with Gasteiger partial charge in [-0.2, -0.15) is 5.10 Å². The summed E-state index contributed by atoms with van der Waals surface area (Å²) < 4.78 is 14.6. The average Bonchev–Trinajstić information content (AvgIpc) is 3.34. The average molecular weight is 518 g/mol. The number of fused-ring (bicyclic) bond motifs is 1. The molecule has 9 nitrogen and oxygen atoms in total. The minimum atomic E-state index is -0.283. The van der Waals surface area contributed by atoms with E-state index in [1.807, 2.05) is 11.0 Å². The smallest absolute Gasteiger partial charge is 0.291 e. The van der Waals surface area contributed by atoms with Crippen molar-refractivity contribution in [3.8, 4) is 11.3 Å². The molecule has 0 N–H and O–H groups in total. The summed E-state index contributed by atoms with van der Waals surface area (Å²) in [5.41, 5.74) is 3.57. The lowest BCUT2D eigenvalue weighted by Gasteiger charge is -2.45. The number of aromatic nitrogens is 5. The lowest BCUT2D eigenvalue weighted by molar-refractivity contribution is 0.0302. The molecule has 1 amide bonds. The van der Waals surface area contributed by atoms with Gasteiger partial charge >= 0.3 is 0 Å². The van der Waals surface area contributed by atoms with Crippen LogP contribution in [0, 0.1) is 5.82 Å². The third kappa shape index (κ3) is 5.91. The van der Waals surface area contributed by atoms with E-state index in [0.717, 1.165) is 29.9 Å². The van der Waals surface area contributed by atoms with Crippen LogP contribution in [0.15, 0.2) is 55.0 Å². The Morgan fingerprint density at radius 1 is 1.11 bits per heavy atom. The van der Waals surface area contributed by atoms with Crippen LogP contribution in [-0.4, -0.2) is 78.8 Å². The number of rotatable bonds is 4. The van der Waals surface area contributed by atoms with Gasteiger partial charge in [-0.25, -0.2) is 23.9 Å². The molecule has 38 heavy (non-hydrogen) atoms. The van der Waals surface area contributed by atoms with E-state index < -0.39 is 0 Å². The van der Waals surface area contributed by atoms with Crippen LogP contribution in [0.5, 0.6) is 0 Å². The second-order valence-corrected chi connectivity index (χ2v) is 10.2. The minimum Gasteiger partial charge on any atom is -0.333 e. The van der Waals surface area contributed by atoms with Crippen LogP contribution in [0.2, 0.25) is 0 Å². The highest BCUT2D eigenvalue weighted by atomic mass is 19.1. The molecule has 5 rings (SSSR count). The Morgan fingerprint density at radius 3 is 2.39 bits per heavy atom. The predicted molar refractivity (Wildman–Crippen MR) is 143 cm³/mol. The zero-order chi connectivity index (χ0) is 27.4. The van der Waals surface area contributed by atoms with Crippen LogP contribution in [-0.2, 0) is 0 Å². The molecule has 1 aliphatic rings. The van der Waals surface area contributed by atoms with Gasteiger partial charge in [0.15, 0.2) is 11.9 Å². The molecule has 10 heteroatoms. The van der Waals surface area contributed by atoms with Crippen LogP contribution in [0.4, 0.5) is 4.39 Å². The molecule has 0 unspecified atom stereocenters. The third-order valence-electron chi connectivity index (χ3n) is 6.72. The van der Waals surface area contributed by atoms with Gasteiger partial charge in [-0.05, 0) is 63.2 Å². The van der Waals surface area contributed by atoms with E-state index in [9.17, 15) is 14.0 Å². The highest BCUT2D eigenvalue weighted by molar-refractivity contribution is 5.90. The fourth-order valence-electron chi connectivity index (χ4n) is 4.23. The van der Waals surface area contributed by atoms with Crippen molar-refractivity contribution in [2.75, 3.05) is 26.7 Å². The number of aldehydes is 1. The maximum atomic E-state index is 13.0. The van der Waals surface area contributed by atoms with Crippen molar-refractivity contribution < 1.29 is 14.0 Å². The Kier molecular flexibility index (Phi) is 7.91. The quantitative estimate of drug-likeness (QED) is 0.376. The summed E-state index contributed by atoms with van der Waals surface area (Å²) in [6.45, 7) is 10.7. The van der Waals surface area contributed by atoms with E-state index in [2.05, 4.69) is 59.7 Å². The maximum Gasteiger partial charge on any atom is 0.291 e. The highest BCUT2D eigenvalue weighted by Crippen LogP contribution is 2.25. The van der Waals surface area contributed by atoms with E-state index in [4.69, 9.17) is 0 Å². The zero-order valence-corrected chi connectivity index (χ0v) is 22.3. The molecule has 0 radical (unpaired) electrons. The monoisotopic (exact) mass is 517 g/mol. The van der Waals surface area contributed by atoms with Gasteiger partial charge in [0.25, 0.3) is 5.91 Å². The fraction of sp³-hybridized carbons (Fsp3) is 0.357. The Labute approximate surface area is 221 Å². The van der Waals surface area contributed by atoms with E-state index >= 15 is 0 Å². The fourth-order valence-corrected chi connectivity index (χ4v) is 4.23. The Hall–Kier alpha value is -4.05. The number of halogens is 1. The maximum absolute atomic E-state index is 13.0. The number of likely N-dealkylation sites (N-methyl/N-ethyl adjacent to an activating group) is 1. The number of carbonyl (C=O) groups excluding carboxylic acids is 2. The molecule has 0 aliphatic carbocycles. The van der Waals surface area contributed by atoms with Crippen LogP contribution in [0.1, 0.15) is 60.3 Å². The lowest BCUT2D eigenvalue weighted by Crippen LogP contribution is -2.59. The molecule has 1 aromatic carbocycles. The summed E-state index contributed by atoms with van der Waals surface area (Å²) >= 11 is 0. The lowest BCUT2D eigenvalue weighted by atomic mass is 10.00. The first-order chi connectivity index (χ1) is 18.1. The van der Waals surface area contributed by atoms with Gasteiger partial charge in [0.1, 0.15) is 11.5 Å². The van der Waals surface area contributed by atoms with Crippen molar-refractivity contribution in [2.45, 2.75) is 39.2 Å². The second-order valence-electron chi connectivity index (χ2n) is 10.2. The van der Waals surface area contributed by atoms with Crippen molar-refractivity contribution >= 4 is 17.8 Å². The second kappa shape index (κ2) is 11.1. The Morgan fingerprint density at radius 2 is 1.79 bits per heavy atom. The number of hydrogen-bond donors (Lipinski definition) is 0. The molecule has 1 fully saturated rings. The van der Waals surface area contributed by atoms with E-state index in [-0.39, 0.29) is 29.0 Å². The third-order valence-corrected chi connectivity index (χ3v) is 6.72. The summed E-state index contributed by atoms with van der Waals surface area (Å²) in [6, 6.07) is 9.83. The standard InChI is InChI=1S/C16H14FN3O.C12H18N4O/c1-10(2)14-7-15(11-3-5-12(17)6-4-11)19-20-8-13(9-21)18-16(14)20;1-12(2)9-16(8-7-15(12)3)11(17)10-13-5-4-6-14-10/h3-10H,1-2H3;4-6H,7-9H2,1-3H3. The van der Waals surface area contributed by atoms with E-state index in [0.29, 0.717) is 24.2 Å². The molecule has 1 aliphatic heterocycles. The molecule has 0 spiro atoms. The van der Waals surface area contributed by atoms with Gasteiger partial charge in [0, 0.05) is 48.7 Å². The summed E-state index contributed by atoms with van der Waals surface area (Å²) in [5, 5.41) is 4.46. The van der Waals surface area contributed by atoms with Crippen LogP contribution in [0.3, 0.4) is 0 Å². The molecular weight excluding hydrogens is 485 g/mol. The van der Waals surface area contributed by atoms with Crippen molar-refractivity contribution in [1.82, 2.24) is 34.4 Å². The molecule has 198 valence electrons. The molecular formula is C28H32FN7O2. The van der Waals surface area contributed by atoms with Gasteiger partial charge in [-0.1, -0.05) is 13.8 Å². The highest BCUT2D eigenvalue weighted by Gasteiger charge is 2.34. The minimum absolute atomic E-state index is 0.00267. The van der Waals surface area contributed by atoms with Gasteiger partial charge in [-0.3, -0.25) is 14.5 Å². The topological polar surface area (TPSA) is 96.6 Å². The predicted octanol–water partition coefficient (Wildman–Crippen LogP) is 4.11. The number of piperazine rings is 1. The molecule has 4 heterocycles. The first-order valence-electron chi connectivity index (χ1n) is 12.5. The van der Waals surface area contributed by atoms with Gasteiger partial charge in [-0.15, -0.1) is 0 Å². The summed E-state index contributed by atoms with van der Waals surface area (Å²) in [5.74, 6) is 0.158. The van der Waals surface area contributed by atoms with Crippen LogP contribution in [0.25, 0.3) is 16.9 Å². The molecule has 4 aromatic rings. The number of benzene rings is 1. The molecule has 0 saturated carbocycles. The van der Waals surface area contributed by atoms with Crippen molar-refractivity contribution in [2.24, 2.45) is 0 Å². The Balaban J connectivity index is 0.000000181. The van der Waals surface area contributed by atoms with Crippen molar-refractivity contribution in [3.63, 3.8) is 0 Å². The summed E-state index contributed by atoms with van der Waals surface area (Å²) in [6.07, 6.45) is 5.50. The van der Waals surface area contributed by atoms with Gasteiger partial charge in [0.05, 0.1) is 11.9 Å². The largest absolute Gasteiger partial charge is 0.333 e. The first kappa shape index (κ1) is 27.0. The Bertz CT molecular complexity index is 1420. The van der Waals surface area contributed by atoms with Crippen molar-refractivity contribution in [3.05, 3.63) is 77.9 Å². The zero-order valence-electron chi connectivity index (χ0n) is 22.3. The SMILES string of the molecule is CC(C)c1cc(-c2ccc(F)cc2)nn2cc(C=O)nc12.CN1CCN(C(=O)c2ncccn2)CC1(C)C. The molecule has 1 saturated heterocycles. The van der Waals surface area contributed by atoms with E-state index in [1.165, 1.54) is 12.1 Å². The number of amides is 1. The van der Waals surface area contributed by atoms with Crippen molar-refractivity contribution in [1.29, 1.82) is 0 Å². The van der Waals surface area contributed by atoms with Gasteiger partial charge in [0.2, 0.25) is 5.82 Å².